The van der Waals surface area contributed by atoms with Gasteiger partial charge in [-0.25, -0.2) is 4.39 Å². The quantitative estimate of drug-likeness (QED) is 0.165. The predicted octanol–water partition coefficient (Wildman–Crippen LogP) is 7.88. The van der Waals surface area contributed by atoms with Crippen LogP contribution in [0.3, 0.4) is 0 Å². The van der Waals surface area contributed by atoms with Crippen molar-refractivity contribution in [1.29, 1.82) is 0 Å². The average molecular weight is 568 g/mol. The Bertz CT molecular complexity index is 1370. The number of hydrogen-bond donors (Lipinski definition) is 0. The van der Waals surface area contributed by atoms with Crippen LogP contribution in [0.4, 0.5) is 23.2 Å². The van der Waals surface area contributed by atoms with Crippen LogP contribution in [-0.2, 0) is 17.6 Å². The molecule has 3 aromatic carbocycles. The van der Waals surface area contributed by atoms with Gasteiger partial charge in [0, 0.05) is 5.56 Å². The molecule has 0 unspecified atom stereocenters. The second kappa shape index (κ2) is 11.1. The number of carbonyl (C=O) groups is 1. The molecule has 4 nitrogen and oxygen atoms in total. The van der Waals surface area contributed by atoms with Gasteiger partial charge >= 0.3 is 6.18 Å². The lowest BCUT2D eigenvalue weighted by atomic mass is 10.1. The topological polar surface area (TPSA) is 38.8 Å². The minimum absolute atomic E-state index is 0.0336. The molecule has 0 spiro atoms. The van der Waals surface area contributed by atoms with E-state index in [1.165, 1.54) is 24.3 Å². The molecule has 1 amide bonds. The third-order valence-electron chi connectivity index (χ3n) is 5.22. The van der Waals surface area contributed by atoms with Gasteiger partial charge in [0.15, 0.2) is 15.8 Å². The van der Waals surface area contributed by atoms with Gasteiger partial charge < -0.3 is 9.47 Å². The number of amides is 1. The van der Waals surface area contributed by atoms with Crippen molar-refractivity contribution < 1.29 is 31.8 Å². The highest BCUT2D eigenvalue weighted by atomic mass is 35.5. The van der Waals surface area contributed by atoms with Crippen molar-refractivity contribution in [1.82, 2.24) is 0 Å². The number of benzene rings is 3. The number of alkyl halides is 3. The molecule has 37 heavy (non-hydrogen) atoms. The summed E-state index contributed by atoms with van der Waals surface area (Å²) >= 11 is 12.3. The van der Waals surface area contributed by atoms with Crippen LogP contribution in [0.2, 0.25) is 5.02 Å². The van der Waals surface area contributed by atoms with E-state index in [4.69, 9.17) is 33.3 Å². The molecule has 1 aliphatic heterocycles. The number of ether oxygens (including phenoxy) is 2. The molecular formula is C26H18ClF4NO3S2. The maximum absolute atomic E-state index is 14.1. The first-order valence-corrected chi connectivity index (χ1v) is 12.5. The van der Waals surface area contributed by atoms with Crippen LogP contribution in [0, 0.1) is 5.82 Å². The lowest BCUT2D eigenvalue weighted by molar-refractivity contribution is -0.137. The molecule has 4 rings (SSSR count). The number of thioether (sulfide) groups is 1. The summed E-state index contributed by atoms with van der Waals surface area (Å²) < 4.78 is 65.0. The molecule has 1 heterocycles. The van der Waals surface area contributed by atoms with E-state index >= 15 is 0 Å². The minimum atomic E-state index is -4.55. The number of halogens is 5. The molecule has 1 saturated heterocycles. The Hall–Kier alpha value is -3.08. The summed E-state index contributed by atoms with van der Waals surface area (Å²) in [5, 5.41) is 0.234. The second-order valence-corrected chi connectivity index (χ2v) is 9.78. The lowest BCUT2D eigenvalue weighted by Gasteiger charge is -2.16. The average Bonchev–Trinajstić information content (AvgIpc) is 3.12. The summed E-state index contributed by atoms with van der Waals surface area (Å²) in [6, 6.07) is 13.7. The molecule has 0 radical (unpaired) electrons. The van der Waals surface area contributed by atoms with Gasteiger partial charge in [0.2, 0.25) is 0 Å². The zero-order valence-corrected chi connectivity index (χ0v) is 21.5. The number of rotatable bonds is 7. The van der Waals surface area contributed by atoms with Gasteiger partial charge in [-0.05, 0) is 61.0 Å². The molecule has 1 fully saturated rings. The summed E-state index contributed by atoms with van der Waals surface area (Å²) in [6.45, 7) is 1.98. The van der Waals surface area contributed by atoms with Gasteiger partial charge in [-0.3, -0.25) is 9.69 Å². The van der Waals surface area contributed by atoms with Crippen molar-refractivity contribution in [3.8, 4) is 11.5 Å². The van der Waals surface area contributed by atoms with Crippen molar-refractivity contribution in [2.45, 2.75) is 19.7 Å². The molecule has 0 saturated carbocycles. The van der Waals surface area contributed by atoms with Crippen molar-refractivity contribution in [3.63, 3.8) is 0 Å². The van der Waals surface area contributed by atoms with Gasteiger partial charge in [0.25, 0.3) is 5.91 Å². The number of carbonyl (C=O) groups excluding carboxylic acids is 1. The summed E-state index contributed by atoms with van der Waals surface area (Å²) in [4.78, 5) is 14.3. The van der Waals surface area contributed by atoms with Crippen LogP contribution in [0.1, 0.15) is 23.6 Å². The van der Waals surface area contributed by atoms with E-state index < -0.39 is 23.5 Å². The molecule has 0 atom stereocenters. The number of nitrogens with zero attached hydrogens (tertiary/aromatic N) is 1. The first-order valence-electron chi connectivity index (χ1n) is 10.9. The number of thiocarbonyl (C=S) groups is 1. The maximum atomic E-state index is 14.1. The molecule has 0 bridgehead atoms. The molecule has 1 aliphatic rings. The molecule has 0 aliphatic carbocycles. The van der Waals surface area contributed by atoms with E-state index in [0.29, 0.717) is 23.7 Å². The monoisotopic (exact) mass is 567 g/mol. The van der Waals surface area contributed by atoms with E-state index in [-0.39, 0.29) is 32.1 Å². The fourth-order valence-electron chi connectivity index (χ4n) is 3.49. The number of anilines is 1. The van der Waals surface area contributed by atoms with Crippen molar-refractivity contribution >= 4 is 57.6 Å². The summed E-state index contributed by atoms with van der Waals surface area (Å²) in [5.74, 6) is -0.335. The van der Waals surface area contributed by atoms with Gasteiger partial charge in [-0.1, -0.05) is 53.8 Å². The predicted molar refractivity (Wildman–Crippen MR) is 140 cm³/mol. The van der Waals surface area contributed by atoms with Crippen LogP contribution in [0.15, 0.2) is 65.6 Å². The van der Waals surface area contributed by atoms with Crippen LogP contribution in [0.25, 0.3) is 6.08 Å². The van der Waals surface area contributed by atoms with Crippen LogP contribution < -0.4 is 14.4 Å². The first-order chi connectivity index (χ1) is 17.6. The fourth-order valence-corrected chi connectivity index (χ4v) is 5.00. The Morgan fingerprint density at radius 2 is 1.81 bits per heavy atom. The lowest BCUT2D eigenvalue weighted by Crippen LogP contribution is -2.27. The van der Waals surface area contributed by atoms with Gasteiger partial charge in [-0.2, -0.15) is 13.2 Å². The summed E-state index contributed by atoms with van der Waals surface area (Å²) in [5.41, 5.74) is -0.0684. The van der Waals surface area contributed by atoms with Gasteiger partial charge in [0.05, 0.1) is 27.8 Å². The molecule has 11 heteroatoms. The Balaban J connectivity index is 1.58. The smallest absolute Gasteiger partial charge is 0.416 e. The van der Waals surface area contributed by atoms with Gasteiger partial charge in [-0.15, -0.1) is 0 Å². The van der Waals surface area contributed by atoms with Gasteiger partial charge in [0.1, 0.15) is 12.4 Å². The summed E-state index contributed by atoms with van der Waals surface area (Å²) in [6.07, 6.45) is -2.99. The minimum Gasteiger partial charge on any atom is -0.490 e. The van der Waals surface area contributed by atoms with E-state index in [9.17, 15) is 22.4 Å². The van der Waals surface area contributed by atoms with Crippen molar-refractivity contribution in [2.24, 2.45) is 0 Å². The van der Waals surface area contributed by atoms with E-state index in [2.05, 4.69) is 0 Å². The zero-order valence-electron chi connectivity index (χ0n) is 19.1. The zero-order chi connectivity index (χ0) is 26.7. The van der Waals surface area contributed by atoms with Crippen molar-refractivity contribution in [2.75, 3.05) is 11.5 Å². The third-order valence-corrected chi connectivity index (χ3v) is 6.88. The third kappa shape index (κ3) is 6.08. The highest BCUT2D eigenvalue weighted by molar-refractivity contribution is 8.27. The normalized spacial score (nSPS) is 15.0. The molecular weight excluding hydrogens is 550 g/mol. The Labute approximate surface area is 224 Å². The fraction of sp³-hybridized carbons (Fsp3) is 0.154. The molecule has 0 aromatic heterocycles. The van der Waals surface area contributed by atoms with E-state index in [1.54, 1.807) is 37.3 Å². The van der Waals surface area contributed by atoms with E-state index in [0.717, 1.165) is 28.8 Å². The highest BCUT2D eigenvalue weighted by Gasteiger charge is 2.36. The standard InChI is InChI=1S/C26H18ClF4NO3S2/c1-2-34-22-11-15(9-10-21(22)35-14-18-19(27)7-4-8-20(18)28)12-23-24(33)32(25(36)37-23)17-6-3-5-16(13-17)26(29,30)31/h3-13H,2,14H2,1H3/b23-12+. The number of hydrogen-bond acceptors (Lipinski definition) is 5. The SMILES string of the molecule is CCOc1cc(/C=C2/SC(=S)N(c3cccc(C(F)(F)F)c3)C2=O)ccc1OCc1c(F)cccc1Cl. The Morgan fingerprint density at radius 3 is 2.51 bits per heavy atom. The van der Waals surface area contributed by atoms with Crippen LogP contribution in [-0.4, -0.2) is 16.8 Å². The maximum Gasteiger partial charge on any atom is 0.416 e. The largest absolute Gasteiger partial charge is 0.490 e. The van der Waals surface area contributed by atoms with E-state index in [1.807, 2.05) is 0 Å². The highest BCUT2D eigenvalue weighted by Crippen LogP contribution is 2.39. The van der Waals surface area contributed by atoms with Crippen LogP contribution in [0.5, 0.6) is 11.5 Å². The Morgan fingerprint density at radius 1 is 1.05 bits per heavy atom. The summed E-state index contributed by atoms with van der Waals surface area (Å²) in [7, 11) is 0. The second-order valence-electron chi connectivity index (χ2n) is 7.69. The molecule has 192 valence electrons. The molecule has 0 N–H and O–H groups in total. The van der Waals surface area contributed by atoms with Crippen LogP contribution >= 0.6 is 35.6 Å². The Kier molecular flexibility index (Phi) is 8.11. The van der Waals surface area contributed by atoms with Crippen molar-refractivity contribution in [3.05, 3.63) is 93.1 Å². The molecule has 3 aromatic rings. The first kappa shape index (κ1) is 27.0.